The molecule has 2 N–H and O–H groups in total. The quantitative estimate of drug-likeness (QED) is 0.392. The van der Waals surface area contributed by atoms with Crippen LogP contribution in [0.1, 0.15) is 29.8 Å². The third-order valence-electron chi connectivity index (χ3n) is 6.47. The summed E-state index contributed by atoms with van der Waals surface area (Å²) in [5.41, 5.74) is 3.28. The normalized spacial score (nSPS) is 14.7. The number of benzene rings is 3. The van der Waals surface area contributed by atoms with Crippen molar-refractivity contribution in [1.82, 2.24) is 9.62 Å². The van der Waals surface area contributed by atoms with Crippen LogP contribution in [0, 0.1) is 5.92 Å². The summed E-state index contributed by atoms with van der Waals surface area (Å²) in [6, 6.07) is 19.9. The van der Waals surface area contributed by atoms with Gasteiger partial charge in [-0.15, -0.1) is 0 Å². The number of carboxylic acids is 1. The first-order valence-electron chi connectivity index (χ1n) is 12.7. The molecule has 3 aromatic carbocycles. The van der Waals surface area contributed by atoms with E-state index in [0.717, 1.165) is 16.7 Å². The predicted molar refractivity (Wildman–Crippen MR) is 146 cm³/mol. The van der Waals surface area contributed by atoms with E-state index in [9.17, 15) is 23.1 Å². The van der Waals surface area contributed by atoms with Crippen molar-refractivity contribution in [3.8, 4) is 16.9 Å². The van der Waals surface area contributed by atoms with Crippen molar-refractivity contribution in [3.05, 3.63) is 83.9 Å². The summed E-state index contributed by atoms with van der Waals surface area (Å²) in [4.78, 5) is 25.7. The monoisotopic (exact) mass is 552 g/mol. The smallest absolute Gasteiger partial charge is 0.322 e. The van der Waals surface area contributed by atoms with Crippen LogP contribution < -0.4 is 9.46 Å². The van der Waals surface area contributed by atoms with Gasteiger partial charge >= 0.3 is 5.97 Å². The number of amides is 1. The lowest BCUT2D eigenvalue weighted by Gasteiger charge is -2.26. The van der Waals surface area contributed by atoms with E-state index in [2.05, 4.69) is 4.72 Å². The van der Waals surface area contributed by atoms with Gasteiger partial charge in [-0.25, -0.2) is 8.42 Å². The van der Waals surface area contributed by atoms with Gasteiger partial charge in [-0.1, -0.05) is 50.2 Å². The minimum Gasteiger partial charge on any atom is -0.489 e. The van der Waals surface area contributed by atoms with Crippen LogP contribution >= 0.6 is 0 Å². The fraction of sp³-hybridized carbons (Fsp3) is 0.310. The van der Waals surface area contributed by atoms with E-state index in [0.29, 0.717) is 44.2 Å². The summed E-state index contributed by atoms with van der Waals surface area (Å²) in [6.45, 7) is 5.95. The van der Waals surface area contributed by atoms with Crippen LogP contribution in [-0.4, -0.2) is 62.6 Å². The SMILES string of the molecule is CC(C)[C@@H](NS(=O)(=O)c1ccc(-c2ccc(COc3ccc(C(=O)N4CCOCC4)cc3)cc2)cc1)C(=O)O. The molecule has 0 aliphatic carbocycles. The zero-order chi connectivity index (χ0) is 28.0. The average molecular weight is 553 g/mol. The maximum atomic E-state index is 12.6. The van der Waals surface area contributed by atoms with Crippen molar-refractivity contribution in [2.75, 3.05) is 26.3 Å². The number of hydrogen-bond donors (Lipinski definition) is 2. The topological polar surface area (TPSA) is 122 Å². The van der Waals surface area contributed by atoms with Gasteiger partial charge in [0.05, 0.1) is 18.1 Å². The molecule has 0 saturated carbocycles. The molecule has 3 aromatic rings. The highest BCUT2D eigenvalue weighted by atomic mass is 32.2. The van der Waals surface area contributed by atoms with E-state index in [1.807, 2.05) is 24.3 Å². The van der Waals surface area contributed by atoms with Gasteiger partial charge < -0.3 is 19.5 Å². The van der Waals surface area contributed by atoms with Crippen LogP contribution in [-0.2, 0) is 26.2 Å². The van der Waals surface area contributed by atoms with Gasteiger partial charge in [-0.05, 0) is 59.0 Å². The highest BCUT2D eigenvalue weighted by Gasteiger charge is 2.28. The third-order valence-corrected chi connectivity index (χ3v) is 7.93. The minimum atomic E-state index is -3.98. The van der Waals surface area contributed by atoms with Gasteiger partial charge in [0, 0.05) is 18.7 Å². The molecule has 10 heteroatoms. The molecule has 1 amide bonds. The zero-order valence-corrected chi connectivity index (χ0v) is 22.7. The Balaban J connectivity index is 1.34. The number of rotatable bonds is 10. The van der Waals surface area contributed by atoms with Crippen LogP contribution in [0.3, 0.4) is 0 Å². The molecule has 0 radical (unpaired) electrons. The van der Waals surface area contributed by atoms with Crippen LogP contribution in [0.5, 0.6) is 5.75 Å². The Hall–Kier alpha value is -3.73. The number of carboxylic acid groups (broad SMARTS) is 1. The van der Waals surface area contributed by atoms with Crippen LogP contribution in [0.15, 0.2) is 77.7 Å². The van der Waals surface area contributed by atoms with Crippen molar-refractivity contribution >= 4 is 21.9 Å². The lowest BCUT2D eigenvalue weighted by molar-refractivity contribution is -0.140. The van der Waals surface area contributed by atoms with Gasteiger partial charge in [-0.3, -0.25) is 9.59 Å². The largest absolute Gasteiger partial charge is 0.489 e. The summed E-state index contributed by atoms with van der Waals surface area (Å²) in [5.74, 6) is -0.971. The molecule has 1 fully saturated rings. The summed E-state index contributed by atoms with van der Waals surface area (Å²) in [7, 11) is -3.98. The molecule has 4 rings (SSSR count). The second kappa shape index (κ2) is 12.4. The summed E-state index contributed by atoms with van der Waals surface area (Å²) in [6.07, 6.45) is 0. The van der Waals surface area contributed by atoms with Gasteiger partial charge in [-0.2, -0.15) is 4.72 Å². The lowest BCUT2D eigenvalue weighted by atomic mass is 10.0. The molecule has 0 aromatic heterocycles. The van der Waals surface area contributed by atoms with Gasteiger partial charge in [0.25, 0.3) is 5.91 Å². The number of morpholine rings is 1. The fourth-order valence-electron chi connectivity index (χ4n) is 4.14. The Morgan fingerprint density at radius 3 is 2.03 bits per heavy atom. The maximum absolute atomic E-state index is 12.6. The number of aliphatic carboxylic acids is 1. The number of carbonyl (C=O) groups is 2. The molecule has 1 aliphatic heterocycles. The van der Waals surface area contributed by atoms with Gasteiger partial charge in [0.1, 0.15) is 18.4 Å². The molecule has 1 heterocycles. The molecule has 206 valence electrons. The predicted octanol–water partition coefficient (Wildman–Crippen LogP) is 3.79. The molecule has 0 unspecified atom stereocenters. The first-order valence-corrected chi connectivity index (χ1v) is 14.2. The number of carbonyl (C=O) groups excluding carboxylic acids is 1. The fourth-order valence-corrected chi connectivity index (χ4v) is 5.47. The Labute approximate surface area is 228 Å². The molecule has 39 heavy (non-hydrogen) atoms. The Morgan fingerprint density at radius 1 is 0.923 bits per heavy atom. The first kappa shape index (κ1) is 28.3. The van der Waals surface area contributed by atoms with Crippen molar-refractivity contribution in [3.63, 3.8) is 0 Å². The molecular formula is C29H32N2O7S. The van der Waals surface area contributed by atoms with E-state index < -0.39 is 28.0 Å². The van der Waals surface area contributed by atoms with Crippen LogP contribution in [0.4, 0.5) is 0 Å². The molecular weight excluding hydrogens is 520 g/mol. The van der Waals surface area contributed by atoms with E-state index in [1.165, 1.54) is 12.1 Å². The van der Waals surface area contributed by atoms with E-state index in [4.69, 9.17) is 9.47 Å². The van der Waals surface area contributed by atoms with Gasteiger partial charge in [0.2, 0.25) is 10.0 Å². The Bertz CT molecular complexity index is 1380. The van der Waals surface area contributed by atoms with Crippen molar-refractivity contribution in [2.45, 2.75) is 31.4 Å². The van der Waals surface area contributed by atoms with Crippen molar-refractivity contribution in [1.29, 1.82) is 0 Å². The molecule has 1 atom stereocenters. The number of nitrogens with zero attached hydrogens (tertiary/aromatic N) is 1. The number of ether oxygens (including phenoxy) is 2. The van der Waals surface area contributed by atoms with E-state index in [-0.39, 0.29) is 10.8 Å². The summed E-state index contributed by atoms with van der Waals surface area (Å²) < 4.78 is 38.7. The number of sulfonamides is 1. The van der Waals surface area contributed by atoms with E-state index >= 15 is 0 Å². The Kier molecular flexibility index (Phi) is 9.01. The van der Waals surface area contributed by atoms with Crippen molar-refractivity contribution < 1.29 is 32.6 Å². The van der Waals surface area contributed by atoms with Crippen LogP contribution in [0.25, 0.3) is 11.1 Å². The highest BCUT2D eigenvalue weighted by Crippen LogP contribution is 2.23. The molecule has 0 spiro atoms. The molecule has 0 bridgehead atoms. The van der Waals surface area contributed by atoms with E-state index in [1.54, 1.807) is 55.1 Å². The minimum absolute atomic E-state index is 0.000772. The number of hydrogen-bond acceptors (Lipinski definition) is 6. The average Bonchev–Trinajstić information content (AvgIpc) is 2.95. The molecule has 1 aliphatic rings. The first-order chi connectivity index (χ1) is 18.6. The highest BCUT2D eigenvalue weighted by molar-refractivity contribution is 7.89. The summed E-state index contributed by atoms with van der Waals surface area (Å²) in [5, 5.41) is 9.29. The van der Waals surface area contributed by atoms with Crippen molar-refractivity contribution in [2.24, 2.45) is 5.92 Å². The lowest BCUT2D eigenvalue weighted by Crippen LogP contribution is -2.44. The van der Waals surface area contributed by atoms with Crippen LogP contribution in [0.2, 0.25) is 0 Å². The number of nitrogens with one attached hydrogen (secondary N) is 1. The van der Waals surface area contributed by atoms with Gasteiger partial charge in [0.15, 0.2) is 0 Å². The maximum Gasteiger partial charge on any atom is 0.322 e. The zero-order valence-electron chi connectivity index (χ0n) is 21.9. The Morgan fingerprint density at radius 2 is 1.49 bits per heavy atom. The standard InChI is InChI=1S/C29H32N2O7S/c1-20(2)27(29(33)34)30-39(35,36)26-13-9-23(10-14-26)22-5-3-21(4-6-22)19-38-25-11-7-24(8-12-25)28(32)31-15-17-37-18-16-31/h3-14,20,27,30H,15-19H2,1-2H3,(H,33,34)/t27-/m1/s1. The summed E-state index contributed by atoms with van der Waals surface area (Å²) >= 11 is 0. The second-order valence-electron chi connectivity index (χ2n) is 9.62. The third kappa shape index (κ3) is 7.23. The molecule has 1 saturated heterocycles. The molecule has 9 nitrogen and oxygen atoms in total. The second-order valence-corrected chi connectivity index (χ2v) is 11.3.